The number of nitro benzene ring substituents is 1. The zero-order valence-electron chi connectivity index (χ0n) is 13.0. The molecule has 1 N–H and O–H groups in total. The fraction of sp³-hybridized carbons (Fsp3) is 0.188. The van der Waals surface area contributed by atoms with Crippen molar-refractivity contribution < 1.29 is 19.6 Å². The molecule has 0 saturated carbocycles. The van der Waals surface area contributed by atoms with Crippen molar-refractivity contribution >= 4 is 51.9 Å². The zero-order chi connectivity index (χ0) is 18.4. The van der Waals surface area contributed by atoms with Gasteiger partial charge in [0.2, 0.25) is 0 Å². The molecule has 1 amide bonds. The minimum Gasteiger partial charge on any atom is -0.481 e. The molecule has 0 unspecified atom stereocenters. The average Bonchev–Trinajstić information content (AvgIpc) is 2.82. The molecule has 1 aromatic rings. The van der Waals surface area contributed by atoms with E-state index in [0.717, 1.165) is 17.3 Å². The van der Waals surface area contributed by atoms with Gasteiger partial charge in [0.1, 0.15) is 4.32 Å². The smallest absolute Gasteiger partial charge is 0.303 e. The van der Waals surface area contributed by atoms with Gasteiger partial charge in [0, 0.05) is 25.1 Å². The van der Waals surface area contributed by atoms with Crippen LogP contribution in [0, 0.1) is 10.1 Å². The molecule has 130 valence electrons. The summed E-state index contributed by atoms with van der Waals surface area (Å²) < 4.78 is 0.408. The molecule has 9 heteroatoms. The molecule has 2 rings (SSSR count). The van der Waals surface area contributed by atoms with Gasteiger partial charge < -0.3 is 5.11 Å². The van der Waals surface area contributed by atoms with Crippen LogP contribution < -0.4 is 0 Å². The lowest BCUT2D eigenvalue weighted by molar-refractivity contribution is -0.384. The lowest BCUT2D eigenvalue weighted by Crippen LogP contribution is -2.29. The third-order valence-corrected chi connectivity index (χ3v) is 4.68. The predicted molar refractivity (Wildman–Crippen MR) is 99.0 cm³/mol. The van der Waals surface area contributed by atoms with Crippen LogP contribution in [0.15, 0.2) is 41.3 Å². The molecule has 1 saturated heterocycles. The van der Waals surface area contributed by atoms with Crippen molar-refractivity contribution in [3.8, 4) is 0 Å². The summed E-state index contributed by atoms with van der Waals surface area (Å²) in [5.74, 6) is -1.15. The Balaban J connectivity index is 1.98. The van der Waals surface area contributed by atoms with E-state index < -0.39 is 10.9 Å². The van der Waals surface area contributed by atoms with Crippen LogP contribution in [0.25, 0.3) is 6.08 Å². The molecule has 1 aliphatic rings. The number of carbonyl (C=O) groups excluding carboxylic acids is 1. The number of hydrogen-bond donors (Lipinski definition) is 1. The van der Waals surface area contributed by atoms with E-state index in [0.29, 0.717) is 15.6 Å². The first-order chi connectivity index (χ1) is 11.9. The molecule has 1 aliphatic heterocycles. The van der Waals surface area contributed by atoms with Crippen LogP contribution in [0.1, 0.15) is 18.4 Å². The van der Waals surface area contributed by atoms with Crippen molar-refractivity contribution in [2.45, 2.75) is 12.8 Å². The minimum absolute atomic E-state index is 0.0133. The fourth-order valence-electron chi connectivity index (χ4n) is 2.05. The van der Waals surface area contributed by atoms with Gasteiger partial charge in [-0.25, -0.2) is 0 Å². The third kappa shape index (κ3) is 5.23. The normalized spacial score (nSPS) is 16.2. The van der Waals surface area contributed by atoms with Crippen LogP contribution >= 0.6 is 24.0 Å². The highest BCUT2D eigenvalue weighted by atomic mass is 32.2. The largest absolute Gasteiger partial charge is 0.481 e. The van der Waals surface area contributed by atoms with Crippen LogP contribution in [0.3, 0.4) is 0 Å². The van der Waals surface area contributed by atoms with E-state index in [1.54, 1.807) is 30.4 Å². The van der Waals surface area contributed by atoms with Crippen molar-refractivity contribution in [1.29, 1.82) is 0 Å². The standard InChI is InChI=1S/C16H14N2O5S2/c19-14(20)5-2-10-17-15(21)13(25-16(17)24)4-1-3-11-6-8-12(9-7-11)18(22)23/h1,3-4,6-9H,2,5,10H2,(H,19,20). The Labute approximate surface area is 153 Å². The minimum atomic E-state index is -0.910. The Bertz CT molecular complexity index is 771. The molecule has 7 nitrogen and oxygen atoms in total. The van der Waals surface area contributed by atoms with E-state index in [2.05, 4.69) is 0 Å². The van der Waals surface area contributed by atoms with Crippen molar-refractivity contribution in [3.05, 3.63) is 57.0 Å². The molecule has 0 aromatic heterocycles. The highest BCUT2D eigenvalue weighted by molar-refractivity contribution is 8.26. The SMILES string of the molecule is O=C(O)CCCN1C(=O)C(=CC=Cc2ccc([N+](=O)[O-])cc2)SC1=S. The summed E-state index contributed by atoms with van der Waals surface area (Å²) in [4.78, 5) is 34.8. The molecule has 1 heterocycles. The van der Waals surface area contributed by atoms with Gasteiger partial charge in [0.05, 0.1) is 9.83 Å². The van der Waals surface area contributed by atoms with Gasteiger partial charge in [-0.2, -0.15) is 0 Å². The van der Waals surface area contributed by atoms with Crippen LogP contribution in [-0.2, 0) is 9.59 Å². The summed E-state index contributed by atoms with van der Waals surface area (Å²) in [6, 6.07) is 6.03. The maximum Gasteiger partial charge on any atom is 0.303 e. The number of aliphatic carboxylic acids is 1. The molecule has 0 spiro atoms. The van der Waals surface area contributed by atoms with Gasteiger partial charge in [-0.15, -0.1) is 0 Å². The van der Waals surface area contributed by atoms with Crippen molar-refractivity contribution in [1.82, 2.24) is 4.90 Å². The number of allylic oxidation sites excluding steroid dienone is 2. The second-order valence-corrected chi connectivity index (χ2v) is 6.74. The van der Waals surface area contributed by atoms with Gasteiger partial charge in [-0.1, -0.05) is 36.1 Å². The maximum absolute atomic E-state index is 12.2. The molecular formula is C16H14N2O5S2. The van der Waals surface area contributed by atoms with E-state index in [4.69, 9.17) is 17.3 Å². The zero-order valence-corrected chi connectivity index (χ0v) is 14.6. The van der Waals surface area contributed by atoms with E-state index in [-0.39, 0.29) is 24.6 Å². The Kier molecular flexibility index (Phi) is 6.43. The summed E-state index contributed by atoms with van der Waals surface area (Å²) >= 11 is 6.31. The molecule has 0 atom stereocenters. The Hall–Kier alpha value is -2.52. The second kappa shape index (κ2) is 8.54. The number of thiocarbonyl (C=S) groups is 1. The van der Waals surface area contributed by atoms with Gasteiger partial charge in [0.25, 0.3) is 11.6 Å². The van der Waals surface area contributed by atoms with Gasteiger partial charge >= 0.3 is 5.97 Å². The van der Waals surface area contributed by atoms with E-state index >= 15 is 0 Å². The van der Waals surface area contributed by atoms with Crippen molar-refractivity contribution in [2.75, 3.05) is 6.54 Å². The number of carbonyl (C=O) groups is 2. The van der Waals surface area contributed by atoms with Gasteiger partial charge in [-0.05, 0) is 30.2 Å². The van der Waals surface area contributed by atoms with Crippen LogP contribution in [0.5, 0.6) is 0 Å². The number of carboxylic acids is 1. The quantitative estimate of drug-likeness (QED) is 0.336. The Morgan fingerprint density at radius 2 is 2.04 bits per heavy atom. The lowest BCUT2D eigenvalue weighted by atomic mass is 10.2. The molecule has 25 heavy (non-hydrogen) atoms. The number of nitro groups is 1. The highest BCUT2D eigenvalue weighted by Gasteiger charge is 2.31. The molecule has 1 aromatic carbocycles. The first kappa shape index (κ1) is 18.8. The molecule has 0 bridgehead atoms. The number of carboxylic acid groups (broad SMARTS) is 1. The number of hydrogen-bond acceptors (Lipinski definition) is 6. The van der Waals surface area contributed by atoms with E-state index in [1.165, 1.54) is 17.0 Å². The van der Waals surface area contributed by atoms with Crippen molar-refractivity contribution in [2.24, 2.45) is 0 Å². The Morgan fingerprint density at radius 1 is 1.36 bits per heavy atom. The number of thioether (sulfide) groups is 1. The van der Waals surface area contributed by atoms with E-state index in [9.17, 15) is 19.7 Å². The summed E-state index contributed by atoms with van der Waals surface area (Å²) in [6.07, 6.45) is 5.34. The number of nitrogens with zero attached hydrogens (tertiary/aromatic N) is 2. The number of amides is 1. The van der Waals surface area contributed by atoms with Gasteiger partial charge in [-0.3, -0.25) is 24.6 Å². The Morgan fingerprint density at radius 3 is 2.64 bits per heavy atom. The summed E-state index contributed by atoms with van der Waals surface area (Å²) in [6.45, 7) is 0.278. The predicted octanol–water partition coefficient (Wildman–Crippen LogP) is 3.22. The van der Waals surface area contributed by atoms with Gasteiger partial charge in [0.15, 0.2) is 0 Å². The average molecular weight is 378 g/mol. The molecule has 0 radical (unpaired) electrons. The fourth-order valence-corrected chi connectivity index (χ4v) is 3.31. The first-order valence-corrected chi connectivity index (χ1v) is 8.49. The topological polar surface area (TPSA) is 101 Å². The number of non-ortho nitro benzene ring substituents is 1. The number of rotatable bonds is 7. The summed E-state index contributed by atoms with van der Waals surface area (Å²) in [5, 5.41) is 19.2. The van der Waals surface area contributed by atoms with Crippen LogP contribution in [0.2, 0.25) is 0 Å². The van der Waals surface area contributed by atoms with Crippen molar-refractivity contribution in [3.63, 3.8) is 0 Å². The van der Waals surface area contributed by atoms with Crippen LogP contribution in [-0.4, -0.2) is 37.7 Å². The highest BCUT2D eigenvalue weighted by Crippen LogP contribution is 2.31. The third-order valence-electron chi connectivity index (χ3n) is 3.29. The molecular weight excluding hydrogens is 364 g/mol. The summed E-state index contributed by atoms with van der Waals surface area (Å²) in [5.41, 5.74) is 0.776. The second-order valence-electron chi connectivity index (χ2n) is 5.06. The molecule has 0 aliphatic carbocycles. The number of benzene rings is 1. The summed E-state index contributed by atoms with van der Waals surface area (Å²) in [7, 11) is 0. The molecule has 1 fully saturated rings. The lowest BCUT2D eigenvalue weighted by Gasteiger charge is -2.12. The first-order valence-electron chi connectivity index (χ1n) is 7.27. The monoisotopic (exact) mass is 378 g/mol. The van der Waals surface area contributed by atoms with Crippen LogP contribution in [0.4, 0.5) is 5.69 Å². The maximum atomic E-state index is 12.2. The van der Waals surface area contributed by atoms with E-state index in [1.807, 2.05) is 0 Å².